The van der Waals surface area contributed by atoms with Crippen molar-refractivity contribution in [1.29, 1.82) is 0 Å². The van der Waals surface area contributed by atoms with Crippen LogP contribution in [0.2, 0.25) is 0 Å². The van der Waals surface area contributed by atoms with Crippen molar-refractivity contribution in [2.24, 2.45) is 0 Å². The van der Waals surface area contributed by atoms with Gasteiger partial charge in [-0.15, -0.1) is 0 Å². The average molecular weight is 120 g/mol. The summed E-state index contributed by atoms with van der Waals surface area (Å²) in [6.07, 6.45) is 0. The number of aliphatic hydroxyl groups is 3. The Bertz CT molecular complexity index is 95.9. The molecule has 1 aliphatic rings. The maximum absolute atomic E-state index is 8.40. The Labute approximate surface area is 46.3 Å². The Morgan fingerprint density at radius 3 is 1.88 bits per heavy atom. The van der Waals surface area contributed by atoms with E-state index in [0.717, 1.165) is 0 Å². The van der Waals surface area contributed by atoms with Gasteiger partial charge in [-0.1, -0.05) is 0 Å². The molecule has 0 saturated carbocycles. The molecule has 1 saturated heterocycles. The van der Waals surface area contributed by atoms with Gasteiger partial charge in [0.2, 0.25) is 0 Å². The monoisotopic (exact) mass is 120 g/mol. The van der Waals surface area contributed by atoms with Gasteiger partial charge in [0.15, 0.2) is 5.60 Å². The summed E-state index contributed by atoms with van der Waals surface area (Å²) in [5.74, 6) is -2.67. The Morgan fingerprint density at radius 1 is 1.50 bits per heavy atom. The van der Waals surface area contributed by atoms with Crippen LogP contribution >= 0.6 is 0 Å². The predicted molar refractivity (Wildman–Crippen MR) is 23.7 cm³/mol. The molecule has 1 heterocycles. The first kappa shape index (κ1) is 5.97. The first-order chi connectivity index (χ1) is 3.46. The molecule has 0 bridgehead atoms. The molecule has 1 fully saturated rings. The number of epoxide rings is 1. The van der Waals surface area contributed by atoms with E-state index in [1.807, 2.05) is 0 Å². The van der Waals surface area contributed by atoms with Crippen LogP contribution < -0.4 is 0 Å². The highest BCUT2D eigenvalue weighted by Crippen LogP contribution is 2.34. The molecule has 8 heavy (non-hydrogen) atoms. The van der Waals surface area contributed by atoms with Crippen LogP contribution in [0.15, 0.2) is 0 Å². The lowest BCUT2D eigenvalue weighted by atomic mass is 10.2. The average Bonchev–Trinajstić information content (AvgIpc) is 2.16. The van der Waals surface area contributed by atoms with Crippen molar-refractivity contribution in [3.05, 3.63) is 0 Å². The third-order valence-electron chi connectivity index (χ3n) is 1.29. The van der Waals surface area contributed by atoms with Gasteiger partial charge in [-0.2, -0.15) is 0 Å². The summed E-state index contributed by atoms with van der Waals surface area (Å²) in [7, 11) is 0. The van der Waals surface area contributed by atoms with Crippen LogP contribution in [0, 0.1) is 0 Å². The van der Waals surface area contributed by atoms with E-state index in [-0.39, 0.29) is 6.61 Å². The van der Waals surface area contributed by atoms with E-state index in [0.29, 0.717) is 0 Å². The fraction of sp³-hybridized carbons (Fsp3) is 1.00. The zero-order valence-corrected chi connectivity index (χ0v) is 4.46. The fourth-order valence-corrected chi connectivity index (χ4v) is 0.302. The Morgan fingerprint density at radius 2 is 1.88 bits per heavy atom. The van der Waals surface area contributed by atoms with E-state index in [2.05, 4.69) is 4.74 Å². The van der Waals surface area contributed by atoms with Crippen molar-refractivity contribution in [2.75, 3.05) is 6.61 Å². The molecule has 1 rings (SSSR count). The molecule has 0 spiro atoms. The van der Waals surface area contributed by atoms with Crippen LogP contribution in [0.1, 0.15) is 6.92 Å². The Hall–Kier alpha value is -0.160. The van der Waals surface area contributed by atoms with Crippen LogP contribution in [0.3, 0.4) is 0 Å². The summed E-state index contributed by atoms with van der Waals surface area (Å²) >= 11 is 0. The lowest BCUT2D eigenvalue weighted by Gasteiger charge is -2.17. The van der Waals surface area contributed by atoms with Crippen molar-refractivity contribution in [1.82, 2.24) is 0 Å². The summed E-state index contributed by atoms with van der Waals surface area (Å²) < 4.78 is 4.51. The second-order valence-corrected chi connectivity index (χ2v) is 2.15. The summed E-state index contributed by atoms with van der Waals surface area (Å²) in [5.41, 5.74) is -1.15. The van der Waals surface area contributed by atoms with Gasteiger partial charge < -0.3 is 20.1 Å². The maximum Gasteiger partial charge on any atom is 0.308 e. The standard InChI is InChI=1S/C4H8O4/c1-3(2-8-3)4(5,6)7/h5-7H,2H2,1H3. The number of rotatable bonds is 1. The van der Waals surface area contributed by atoms with Crippen molar-refractivity contribution < 1.29 is 20.1 Å². The van der Waals surface area contributed by atoms with E-state index in [1.165, 1.54) is 6.92 Å². The predicted octanol–water partition coefficient (Wildman–Crippen LogP) is -1.59. The number of hydrogen-bond donors (Lipinski definition) is 3. The molecule has 1 atom stereocenters. The van der Waals surface area contributed by atoms with Crippen molar-refractivity contribution in [2.45, 2.75) is 18.5 Å². The van der Waals surface area contributed by atoms with Crippen LogP contribution in [0.5, 0.6) is 0 Å². The smallest absolute Gasteiger partial charge is 0.308 e. The number of ether oxygens (including phenoxy) is 1. The molecule has 48 valence electrons. The molecule has 0 radical (unpaired) electrons. The zero-order valence-electron chi connectivity index (χ0n) is 4.46. The van der Waals surface area contributed by atoms with E-state index in [4.69, 9.17) is 15.3 Å². The highest BCUT2D eigenvalue weighted by Gasteiger charge is 2.56. The SMILES string of the molecule is CC1(C(O)(O)O)CO1. The lowest BCUT2D eigenvalue weighted by Crippen LogP contribution is -2.42. The Balaban J connectivity index is 2.58. The molecule has 4 heteroatoms. The third kappa shape index (κ3) is 0.714. The van der Waals surface area contributed by atoms with Crippen LogP contribution in [0.4, 0.5) is 0 Å². The summed E-state index contributed by atoms with van der Waals surface area (Å²) in [4.78, 5) is 0. The third-order valence-corrected chi connectivity index (χ3v) is 1.29. The molecule has 0 aliphatic carbocycles. The van der Waals surface area contributed by atoms with Gasteiger partial charge in [0.05, 0.1) is 6.61 Å². The topological polar surface area (TPSA) is 73.2 Å². The molecule has 0 aromatic rings. The highest BCUT2D eigenvalue weighted by atomic mass is 16.7. The molecule has 0 aromatic heterocycles. The molecular weight excluding hydrogens is 112 g/mol. The fourth-order valence-electron chi connectivity index (χ4n) is 0.302. The van der Waals surface area contributed by atoms with Gasteiger partial charge in [-0.25, -0.2) is 0 Å². The first-order valence-corrected chi connectivity index (χ1v) is 2.27. The van der Waals surface area contributed by atoms with E-state index < -0.39 is 11.6 Å². The van der Waals surface area contributed by atoms with Crippen LogP contribution in [-0.2, 0) is 4.74 Å². The molecule has 0 aromatic carbocycles. The minimum absolute atomic E-state index is 0.191. The second-order valence-electron chi connectivity index (χ2n) is 2.15. The van der Waals surface area contributed by atoms with Crippen molar-refractivity contribution in [3.63, 3.8) is 0 Å². The molecule has 4 nitrogen and oxygen atoms in total. The van der Waals surface area contributed by atoms with E-state index in [1.54, 1.807) is 0 Å². The minimum Gasteiger partial charge on any atom is -0.361 e. The summed E-state index contributed by atoms with van der Waals surface area (Å²) in [6, 6.07) is 0. The largest absolute Gasteiger partial charge is 0.361 e. The van der Waals surface area contributed by atoms with Gasteiger partial charge in [-0.3, -0.25) is 0 Å². The van der Waals surface area contributed by atoms with Crippen LogP contribution in [0.25, 0.3) is 0 Å². The zero-order chi connectivity index (χ0) is 6.41. The minimum atomic E-state index is -2.67. The van der Waals surface area contributed by atoms with Gasteiger partial charge in [-0.05, 0) is 6.92 Å². The normalized spacial score (nSPS) is 37.5. The van der Waals surface area contributed by atoms with Crippen molar-refractivity contribution >= 4 is 0 Å². The number of hydrogen-bond acceptors (Lipinski definition) is 4. The molecule has 3 N–H and O–H groups in total. The maximum atomic E-state index is 8.40. The quantitative estimate of drug-likeness (QED) is 0.288. The van der Waals surface area contributed by atoms with E-state index in [9.17, 15) is 0 Å². The highest BCUT2D eigenvalue weighted by molar-refractivity contribution is 4.92. The van der Waals surface area contributed by atoms with Gasteiger partial charge in [0, 0.05) is 0 Å². The Kier molecular flexibility index (Phi) is 0.908. The summed E-state index contributed by atoms with van der Waals surface area (Å²) in [5, 5.41) is 25.2. The lowest BCUT2D eigenvalue weighted by molar-refractivity contribution is -0.342. The molecule has 0 amide bonds. The van der Waals surface area contributed by atoms with Gasteiger partial charge in [0.25, 0.3) is 0 Å². The molecule has 1 aliphatic heterocycles. The van der Waals surface area contributed by atoms with Crippen LogP contribution in [-0.4, -0.2) is 33.5 Å². The van der Waals surface area contributed by atoms with Gasteiger partial charge >= 0.3 is 5.97 Å². The van der Waals surface area contributed by atoms with Gasteiger partial charge in [0.1, 0.15) is 0 Å². The van der Waals surface area contributed by atoms with Crippen molar-refractivity contribution in [3.8, 4) is 0 Å². The van der Waals surface area contributed by atoms with E-state index >= 15 is 0 Å². The molecular formula is C4H8O4. The first-order valence-electron chi connectivity index (χ1n) is 2.27. The molecule has 1 unspecified atom stereocenters. The second kappa shape index (κ2) is 1.22. The summed E-state index contributed by atoms with van der Waals surface area (Å²) in [6.45, 7) is 1.60.